The summed E-state index contributed by atoms with van der Waals surface area (Å²) < 4.78 is 11.1. The minimum atomic E-state index is 0.593. The Balaban J connectivity index is 2.15. The van der Waals surface area contributed by atoms with Crippen LogP contribution in [0.3, 0.4) is 0 Å². The highest BCUT2D eigenvalue weighted by molar-refractivity contribution is 4.91. The Morgan fingerprint density at radius 3 is 2.33 bits per heavy atom. The second kappa shape index (κ2) is 1.41. The van der Waals surface area contributed by atoms with E-state index in [9.17, 15) is 4.39 Å². The molecule has 1 aliphatic carbocycles. The highest BCUT2D eigenvalue weighted by atomic mass is 19.1. The van der Waals surface area contributed by atoms with Crippen molar-refractivity contribution in [2.75, 3.05) is 0 Å². The number of rotatable bonds is 1. The molecule has 0 heterocycles. The van der Waals surface area contributed by atoms with Crippen LogP contribution in [-0.4, -0.2) is 0 Å². The molecule has 0 spiro atoms. The molecule has 0 radical (unpaired) electrons. The van der Waals surface area contributed by atoms with E-state index in [-0.39, 0.29) is 0 Å². The molecule has 0 aliphatic heterocycles. The third-order valence-corrected chi connectivity index (χ3v) is 0.967. The average molecular weight is 86.1 g/mol. The van der Waals surface area contributed by atoms with Crippen molar-refractivity contribution in [3.05, 3.63) is 12.4 Å². The van der Waals surface area contributed by atoms with Gasteiger partial charge >= 0.3 is 0 Å². The van der Waals surface area contributed by atoms with E-state index in [4.69, 9.17) is 0 Å². The molecule has 0 saturated heterocycles. The van der Waals surface area contributed by atoms with Gasteiger partial charge in [-0.25, -0.2) is 4.39 Å². The van der Waals surface area contributed by atoms with Gasteiger partial charge in [0, 0.05) is 0 Å². The summed E-state index contributed by atoms with van der Waals surface area (Å²) in [4.78, 5) is 0. The third kappa shape index (κ3) is 0.814. The summed E-state index contributed by atoms with van der Waals surface area (Å²) in [5.74, 6) is 0.593. The van der Waals surface area contributed by atoms with Crippen LogP contribution in [0.4, 0.5) is 4.39 Å². The van der Waals surface area contributed by atoms with E-state index < -0.39 is 0 Å². The van der Waals surface area contributed by atoms with Crippen LogP contribution in [0.15, 0.2) is 12.4 Å². The molecule has 0 N–H and O–H groups in total. The molecule has 1 saturated carbocycles. The van der Waals surface area contributed by atoms with Gasteiger partial charge in [0.25, 0.3) is 0 Å². The normalized spacial score (nSPS) is 22.8. The Bertz CT molecular complexity index is 62.3. The van der Waals surface area contributed by atoms with Gasteiger partial charge in [0.2, 0.25) is 0 Å². The lowest BCUT2D eigenvalue weighted by Crippen LogP contribution is -1.53. The van der Waals surface area contributed by atoms with Crippen molar-refractivity contribution < 1.29 is 4.39 Å². The molecule has 0 aromatic heterocycles. The standard InChI is InChI=1S/C5H7F/c6-4-3-5-1-2-5/h3-5H,1-2H2. The highest BCUT2D eigenvalue weighted by Gasteiger charge is 2.16. The van der Waals surface area contributed by atoms with Crippen molar-refractivity contribution in [2.24, 2.45) is 5.92 Å². The fraction of sp³-hybridized carbons (Fsp3) is 0.600. The van der Waals surface area contributed by atoms with Crippen molar-refractivity contribution in [1.29, 1.82) is 0 Å². The van der Waals surface area contributed by atoms with E-state index in [1.54, 1.807) is 6.08 Å². The zero-order valence-corrected chi connectivity index (χ0v) is 3.52. The van der Waals surface area contributed by atoms with Crippen molar-refractivity contribution in [1.82, 2.24) is 0 Å². The van der Waals surface area contributed by atoms with E-state index in [1.165, 1.54) is 12.8 Å². The maximum atomic E-state index is 11.1. The van der Waals surface area contributed by atoms with Crippen molar-refractivity contribution >= 4 is 0 Å². The molecule has 0 aromatic rings. The molecule has 0 amide bonds. The Labute approximate surface area is 36.7 Å². The van der Waals surface area contributed by atoms with Gasteiger partial charge in [-0.05, 0) is 18.8 Å². The first kappa shape index (κ1) is 3.85. The molecule has 1 aliphatic rings. The van der Waals surface area contributed by atoms with E-state index in [1.807, 2.05) is 0 Å². The van der Waals surface area contributed by atoms with Gasteiger partial charge in [-0.3, -0.25) is 0 Å². The van der Waals surface area contributed by atoms with Gasteiger partial charge in [-0.15, -0.1) is 0 Å². The molecule has 1 rings (SSSR count). The number of allylic oxidation sites excluding steroid dienone is 1. The molecule has 0 atom stereocenters. The van der Waals surface area contributed by atoms with Crippen molar-refractivity contribution in [2.45, 2.75) is 12.8 Å². The predicted octanol–water partition coefficient (Wildman–Crippen LogP) is 1.88. The second-order valence-corrected chi connectivity index (χ2v) is 1.66. The van der Waals surface area contributed by atoms with Crippen LogP contribution in [0.1, 0.15) is 12.8 Å². The fourth-order valence-electron chi connectivity index (χ4n) is 0.392. The van der Waals surface area contributed by atoms with Gasteiger partial charge in [-0.2, -0.15) is 0 Å². The lowest BCUT2D eigenvalue weighted by atomic mass is 10.4. The van der Waals surface area contributed by atoms with Crippen LogP contribution in [0.25, 0.3) is 0 Å². The van der Waals surface area contributed by atoms with Gasteiger partial charge in [0.05, 0.1) is 6.33 Å². The third-order valence-electron chi connectivity index (χ3n) is 0.967. The largest absolute Gasteiger partial charge is 0.216 e. The van der Waals surface area contributed by atoms with E-state index in [0.717, 1.165) is 0 Å². The van der Waals surface area contributed by atoms with Gasteiger partial charge in [0.15, 0.2) is 0 Å². The quantitative estimate of drug-likeness (QED) is 0.457. The SMILES string of the molecule is FC=CC1CC1. The molecule has 1 heteroatoms. The molecule has 6 heavy (non-hydrogen) atoms. The van der Waals surface area contributed by atoms with Crippen LogP contribution < -0.4 is 0 Å². The minimum absolute atomic E-state index is 0.593. The fourth-order valence-corrected chi connectivity index (χ4v) is 0.392. The summed E-state index contributed by atoms with van der Waals surface area (Å²) in [7, 11) is 0. The average Bonchev–Trinajstić information content (AvgIpc) is 2.21. The van der Waals surface area contributed by atoms with Gasteiger partial charge in [0.1, 0.15) is 0 Å². The first-order valence-electron chi connectivity index (χ1n) is 2.20. The lowest BCUT2D eigenvalue weighted by Gasteiger charge is -1.66. The zero-order chi connectivity index (χ0) is 4.41. The number of halogens is 1. The highest BCUT2D eigenvalue weighted by Crippen LogP contribution is 2.29. The molecule has 1 fully saturated rings. The Hall–Kier alpha value is -0.330. The summed E-state index contributed by atoms with van der Waals surface area (Å²) in [6.07, 6.45) is 4.64. The van der Waals surface area contributed by atoms with E-state index in [0.29, 0.717) is 12.2 Å². The van der Waals surface area contributed by atoms with Gasteiger partial charge < -0.3 is 0 Å². The first-order chi connectivity index (χ1) is 2.93. The topological polar surface area (TPSA) is 0 Å². The Kier molecular flexibility index (Phi) is 0.906. The maximum Gasteiger partial charge on any atom is 0.0829 e. The Morgan fingerprint density at radius 1 is 1.50 bits per heavy atom. The van der Waals surface area contributed by atoms with Crippen LogP contribution in [0, 0.1) is 5.92 Å². The molecular weight excluding hydrogens is 79.1 g/mol. The van der Waals surface area contributed by atoms with Gasteiger partial charge in [-0.1, -0.05) is 6.08 Å². The van der Waals surface area contributed by atoms with Crippen LogP contribution in [0.2, 0.25) is 0 Å². The molecule has 0 nitrogen and oxygen atoms in total. The molecule has 0 unspecified atom stereocenters. The van der Waals surface area contributed by atoms with E-state index in [2.05, 4.69) is 0 Å². The van der Waals surface area contributed by atoms with Crippen LogP contribution in [0.5, 0.6) is 0 Å². The maximum absolute atomic E-state index is 11.1. The van der Waals surface area contributed by atoms with Crippen LogP contribution in [-0.2, 0) is 0 Å². The zero-order valence-electron chi connectivity index (χ0n) is 3.52. The lowest BCUT2D eigenvalue weighted by molar-refractivity contribution is 0.712. The van der Waals surface area contributed by atoms with Crippen molar-refractivity contribution in [3.8, 4) is 0 Å². The van der Waals surface area contributed by atoms with E-state index >= 15 is 0 Å². The van der Waals surface area contributed by atoms with Crippen molar-refractivity contribution in [3.63, 3.8) is 0 Å². The molecule has 0 bridgehead atoms. The second-order valence-electron chi connectivity index (χ2n) is 1.66. The summed E-state index contributed by atoms with van der Waals surface area (Å²) in [6.45, 7) is 0. The smallest absolute Gasteiger partial charge is 0.0829 e. The molecular formula is C5H7F. The Morgan fingerprint density at radius 2 is 2.17 bits per heavy atom. The number of hydrogen-bond acceptors (Lipinski definition) is 0. The monoisotopic (exact) mass is 86.1 g/mol. The molecule has 34 valence electrons. The number of hydrogen-bond donors (Lipinski definition) is 0. The summed E-state index contributed by atoms with van der Waals surface area (Å²) in [5.41, 5.74) is 0. The summed E-state index contributed by atoms with van der Waals surface area (Å²) >= 11 is 0. The summed E-state index contributed by atoms with van der Waals surface area (Å²) in [6, 6.07) is 0. The predicted molar refractivity (Wildman–Crippen MR) is 23.0 cm³/mol. The molecule has 0 aromatic carbocycles. The van der Waals surface area contributed by atoms with Crippen LogP contribution >= 0.6 is 0 Å². The minimum Gasteiger partial charge on any atom is -0.216 e. The first-order valence-corrected chi connectivity index (χ1v) is 2.20. The summed E-state index contributed by atoms with van der Waals surface area (Å²) in [5, 5.41) is 0.